The molecule has 0 unspecified atom stereocenters. The Morgan fingerprint density at radius 3 is 2.36 bits per heavy atom. The summed E-state index contributed by atoms with van der Waals surface area (Å²) in [5, 5.41) is 17.8. The van der Waals surface area contributed by atoms with E-state index >= 15 is 0 Å². The Morgan fingerprint density at radius 2 is 1.66 bits per heavy atom. The summed E-state index contributed by atoms with van der Waals surface area (Å²) in [5.74, 6) is 1.68. The molecule has 7 heterocycles. The molecule has 0 saturated carbocycles. The average Bonchev–Trinajstić information content (AvgIpc) is 1.99. The van der Waals surface area contributed by atoms with Crippen LogP contribution < -0.4 is 51.8 Å². The molecule has 0 atom stereocenters. The maximum absolute atomic E-state index is 14.8. The fourth-order valence-corrected chi connectivity index (χ4v) is 12.2. The number of pyridine rings is 1. The highest BCUT2D eigenvalue weighted by atomic mass is 35.5. The van der Waals surface area contributed by atoms with Crippen LogP contribution >= 0.6 is 11.6 Å². The third-order valence-electron chi connectivity index (χ3n) is 16.7. The number of likely N-dealkylation sites (N-methyl/N-ethyl adjacent to an activating group) is 1. The topological polar surface area (TPSA) is 252 Å². The third-order valence-corrected chi connectivity index (χ3v) is 17.0. The SMILES string of the molecule is CN=CC(=CN)c1cc2c(cc1C(F)F)N(c1nn(C3CCN(C(=O)CCCCCCCCNC(=O)C4CCN(c5ncc(Cl)c(Nc6cc(OC)c7c(c6)cc(OCC(=O)NC)c(=O)n7C)n5)CC4)CC3)c3c1CN(C(=O)NC)CC3)CCC2. The van der Waals surface area contributed by atoms with E-state index in [0.717, 1.165) is 74.6 Å². The Morgan fingerprint density at radius 1 is 0.906 bits per heavy atom. The number of nitrogens with one attached hydrogen (secondary N) is 4. The van der Waals surface area contributed by atoms with Crippen molar-refractivity contribution >= 4 is 87.0 Å². The molecule has 2 saturated heterocycles. The lowest BCUT2D eigenvalue weighted by Gasteiger charge is -2.34. The second-order valence-electron chi connectivity index (χ2n) is 22.0. The molecule has 85 heavy (non-hydrogen) atoms. The quantitative estimate of drug-likeness (QED) is 0.0329. The van der Waals surface area contributed by atoms with E-state index in [2.05, 4.69) is 35.9 Å². The second kappa shape index (κ2) is 28.2. The lowest BCUT2D eigenvalue weighted by molar-refractivity contribution is -0.132. The Hall–Kier alpha value is -8.02. The monoisotopic (exact) mass is 1190 g/mol. The molecule has 25 heteroatoms. The molecule has 456 valence electrons. The van der Waals surface area contributed by atoms with Crippen molar-refractivity contribution in [2.24, 2.45) is 23.7 Å². The van der Waals surface area contributed by atoms with E-state index in [1.165, 1.54) is 37.3 Å². The third kappa shape index (κ3) is 14.1. The van der Waals surface area contributed by atoms with Crippen molar-refractivity contribution in [3.05, 3.63) is 86.1 Å². The highest BCUT2D eigenvalue weighted by Gasteiger charge is 2.36. The molecule has 6 N–H and O–H groups in total. The molecule has 3 aromatic heterocycles. The second-order valence-corrected chi connectivity index (χ2v) is 22.4. The number of halogens is 3. The molecule has 9 rings (SSSR count). The number of allylic oxidation sites excluding steroid dienone is 1. The number of nitrogens with zero attached hydrogens (tertiary/aromatic N) is 10. The van der Waals surface area contributed by atoms with Gasteiger partial charge < -0.3 is 60.6 Å². The number of hydrogen-bond donors (Lipinski definition) is 5. The molecule has 4 aliphatic rings. The molecular weight excluding hydrogens is 1120 g/mol. The van der Waals surface area contributed by atoms with Crippen LogP contribution in [0.25, 0.3) is 16.5 Å². The summed E-state index contributed by atoms with van der Waals surface area (Å²) in [6, 6.07) is 8.33. The molecule has 0 spiro atoms. The van der Waals surface area contributed by atoms with Gasteiger partial charge in [0.05, 0.1) is 31.4 Å². The number of carbonyl (C=O) groups excluding carboxylic acids is 4. The van der Waals surface area contributed by atoms with E-state index in [0.29, 0.717) is 146 Å². The molecular formula is C60H78ClF2N15O7. The minimum Gasteiger partial charge on any atom is -0.494 e. The van der Waals surface area contributed by atoms with Crippen molar-refractivity contribution in [2.75, 3.05) is 95.8 Å². The van der Waals surface area contributed by atoms with Crippen LogP contribution in [0.5, 0.6) is 11.5 Å². The number of anilines is 5. The molecule has 22 nitrogen and oxygen atoms in total. The zero-order valence-corrected chi connectivity index (χ0v) is 49.9. The number of piperidine rings is 2. The van der Waals surface area contributed by atoms with Crippen molar-refractivity contribution in [2.45, 2.75) is 109 Å². The number of likely N-dealkylation sites (tertiary alicyclic amines) is 1. The van der Waals surface area contributed by atoms with Gasteiger partial charge in [0.25, 0.3) is 17.9 Å². The minimum absolute atomic E-state index is 0.0105. The van der Waals surface area contributed by atoms with Gasteiger partial charge in [-0.2, -0.15) is 10.1 Å². The number of alkyl halides is 2. The number of rotatable bonds is 22. The summed E-state index contributed by atoms with van der Waals surface area (Å²) in [6.45, 7) is 4.15. The zero-order valence-electron chi connectivity index (χ0n) is 49.2. The van der Waals surface area contributed by atoms with Gasteiger partial charge in [-0.3, -0.25) is 28.9 Å². The summed E-state index contributed by atoms with van der Waals surface area (Å²) in [5.41, 5.74) is 10.8. The van der Waals surface area contributed by atoms with Gasteiger partial charge in [-0.25, -0.2) is 18.6 Å². The Bertz CT molecular complexity index is 3370. The van der Waals surface area contributed by atoms with Gasteiger partial charge in [-0.15, -0.1) is 0 Å². The van der Waals surface area contributed by atoms with Crippen LogP contribution in [-0.2, 0) is 40.8 Å². The standard InChI is InChI=1S/C60H78ClF2N15O7/c1-65-33-40(32-64)43-28-38-13-12-21-77(48(38)31-44(43)54(62)63)56-45-35-76(60(83)67-3)26-19-47(45)78(72-56)42-17-24-74(25-18-42)52(80)14-10-8-6-7-9-11-20-68-57(81)37-15-22-75(23-16-37)59-69-34-46(61)55(71-59)70-41-27-39-29-50(85-36-51(79)66-2)58(82)73(4)53(39)49(30-41)84-5/h27-34,37,42,54H,6-26,35-36,64H2,1-5H3,(H,66,79)(H,67,83)(H,68,81)(H,69,70,71). The van der Waals surface area contributed by atoms with Gasteiger partial charge in [-0.1, -0.05) is 37.3 Å². The number of aryl methyl sites for hydroxylation is 2. The number of unbranched alkanes of at least 4 members (excludes halogenated alkanes) is 5. The number of aromatic nitrogens is 5. The van der Waals surface area contributed by atoms with Crippen molar-refractivity contribution in [3.8, 4) is 11.5 Å². The zero-order chi connectivity index (χ0) is 60.3. The molecule has 4 aliphatic heterocycles. The van der Waals surface area contributed by atoms with Gasteiger partial charge in [0, 0.05) is 150 Å². The molecule has 0 radical (unpaired) electrons. The highest BCUT2D eigenvalue weighted by molar-refractivity contribution is 6.33. The molecule has 2 aromatic carbocycles. The van der Waals surface area contributed by atoms with Crippen LogP contribution in [-0.4, -0.2) is 145 Å². The van der Waals surface area contributed by atoms with E-state index < -0.39 is 12.0 Å². The lowest BCUT2D eigenvalue weighted by atomic mass is 9.92. The molecule has 5 aromatic rings. The predicted molar refractivity (Wildman–Crippen MR) is 325 cm³/mol. The summed E-state index contributed by atoms with van der Waals surface area (Å²) in [6.07, 6.45) is 12.6. The van der Waals surface area contributed by atoms with E-state index in [4.69, 9.17) is 36.9 Å². The van der Waals surface area contributed by atoms with Crippen LogP contribution in [0.4, 0.5) is 42.5 Å². The smallest absolute Gasteiger partial charge is 0.317 e. The number of nitrogens with two attached hydrogens (primary N) is 1. The van der Waals surface area contributed by atoms with Crippen LogP contribution in [0, 0.1) is 5.92 Å². The number of hydrogen-bond acceptors (Lipinski definition) is 15. The highest BCUT2D eigenvalue weighted by Crippen LogP contribution is 2.43. The maximum Gasteiger partial charge on any atom is 0.317 e. The number of amides is 5. The summed E-state index contributed by atoms with van der Waals surface area (Å²) in [4.78, 5) is 85.6. The predicted octanol–water partition coefficient (Wildman–Crippen LogP) is 7.70. The maximum atomic E-state index is 14.8. The van der Waals surface area contributed by atoms with Crippen LogP contribution in [0.3, 0.4) is 0 Å². The molecule has 0 bridgehead atoms. The number of methoxy groups -OCH3 is 1. The lowest BCUT2D eigenvalue weighted by Crippen LogP contribution is -2.42. The molecule has 5 amide bonds. The molecule has 0 aliphatic carbocycles. The number of ether oxygens (including phenoxy) is 2. The van der Waals surface area contributed by atoms with Crippen molar-refractivity contribution in [1.82, 2.24) is 50.1 Å². The first-order valence-corrected chi connectivity index (χ1v) is 29.8. The van der Waals surface area contributed by atoms with E-state index in [1.807, 2.05) is 14.7 Å². The molecule has 2 fully saturated rings. The van der Waals surface area contributed by atoms with Crippen LogP contribution in [0.2, 0.25) is 5.02 Å². The van der Waals surface area contributed by atoms with E-state index in [1.54, 1.807) is 56.4 Å². The normalized spacial score (nSPS) is 16.0. The van der Waals surface area contributed by atoms with E-state index in [9.17, 15) is 32.8 Å². The average molecular weight is 1190 g/mol. The number of fused-ring (bicyclic) bond motifs is 3. The number of urea groups is 1. The number of benzene rings is 2. The van der Waals surface area contributed by atoms with Gasteiger partial charge in [-0.05, 0) is 86.8 Å². The fraction of sp³-hybridized carbons (Fsp3) is 0.517. The fourth-order valence-electron chi connectivity index (χ4n) is 12.1. The first kappa shape index (κ1) is 61.5. The van der Waals surface area contributed by atoms with Gasteiger partial charge in [0.2, 0.25) is 17.8 Å². The van der Waals surface area contributed by atoms with E-state index in [-0.39, 0.29) is 53.6 Å². The van der Waals surface area contributed by atoms with Gasteiger partial charge in [0.15, 0.2) is 24.0 Å². The number of aliphatic imine (C=N–C) groups is 1. The van der Waals surface area contributed by atoms with Crippen LogP contribution in [0.1, 0.15) is 117 Å². The van der Waals surface area contributed by atoms with Crippen molar-refractivity contribution < 1.29 is 37.4 Å². The van der Waals surface area contributed by atoms with Gasteiger partial charge in [0.1, 0.15) is 10.8 Å². The number of carbonyl (C=O) groups is 4. The largest absolute Gasteiger partial charge is 0.494 e. The Balaban J connectivity index is 0.697. The minimum atomic E-state index is -2.75. The first-order chi connectivity index (χ1) is 41.1. The Labute approximate surface area is 498 Å². The summed E-state index contributed by atoms with van der Waals surface area (Å²) >= 11 is 6.59. The summed E-state index contributed by atoms with van der Waals surface area (Å²) < 4.78 is 44.2. The van der Waals surface area contributed by atoms with Crippen LogP contribution in [0.15, 0.2) is 52.5 Å². The van der Waals surface area contributed by atoms with Crippen molar-refractivity contribution in [3.63, 3.8) is 0 Å². The Kier molecular flexibility index (Phi) is 20.4. The summed E-state index contributed by atoms with van der Waals surface area (Å²) in [7, 11) is 7.78. The first-order valence-electron chi connectivity index (χ1n) is 29.4. The van der Waals surface area contributed by atoms with Crippen molar-refractivity contribution in [1.29, 1.82) is 0 Å². The van der Waals surface area contributed by atoms with Gasteiger partial charge >= 0.3 is 6.03 Å².